The highest BCUT2D eigenvalue weighted by Gasteiger charge is 2.30. The molecule has 0 saturated carbocycles. The van der Waals surface area contributed by atoms with Crippen molar-refractivity contribution in [3.8, 4) is 0 Å². The first-order valence-corrected chi connectivity index (χ1v) is 1.92. The molecule has 0 radical (unpaired) electrons. The largest absolute Gasteiger partial charge is 0.523 e. The summed E-state index contributed by atoms with van der Waals surface area (Å²) in [4.78, 5) is 0. The fourth-order valence-electron chi connectivity index (χ4n) is 0.211. The maximum Gasteiger partial charge on any atom is 0.523 e. The molecule has 0 aliphatic carbocycles. The lowest BCUT2D eigenvalue weighted by atomic mass is 10.7. The minimum absolute atomic E-state index is 1.10. The quantitative estimate of drug-likeness (QED) is 0.532. The van der Waals surface area contributed by atoms with Gasteiger partial charge < -0.3 is 5.73 Å². The van der Waals surface area contributed by atoms with Gasteiger partial charge >= 0.3 is 6.36 Å². The molecule has 50 valence electrons. The zero-order valence-electron chi connectivity index (χ0n) is 4.20. The molecule has 5 heteroatoms. The van der Waals surface area contributed by atoms with Gasteiger partial charge in [0.15, 0.2) is 0 Å². The molecule has 0 spiro atoms. The third-order valence-corrected chi connectivity index (χ3v) is 0.320. The molecule has 1 atom stereocenters. The SMILES string of the molecule is CC(N)OC(F)(F)F. The minimum Gasteiger partial charge on any atom is -0.306 e. The van der Waals surface area contributed by atoms with E-state index in [4.69, 9.17) is 0 Å². The highest BCUT2D eigenvalue weighted by Crippen LogP contribution is 2.16. The third kappa shape index (κ3) is 5.71. The van der Waals surface area contributed by atoms with E-state index in [1.54, 1.807) is 0 Å². The van der Waals surface area contributed by atoms with Gasteiger partial charge in [-0.25, -0.2) is 0 Å². The van der Waals surface area contributed by atoms with Gasteiger partial charge in [-0.1, -0.05) is 0 Å². The van der Waals surface area contributed by atoms with Crippen molar-refractivity contribution in [3.05, 3.63) is 0 Å². The average Bonchev–Trinajstić information content (AvgIpc) is 1.21. The van der Waals surface area contributed by atoms with Crippen molar-refractivity contribution in [2.45, 2.75) is 19.5 Å². The van der Waals surface area contributed by atoms with Crippen molar-refractivity contribution in [1.82, 2.24) is 0 Å². The molecule has 1 unspecified atom stereocenters. The van der Waals surface area contributed by atoms with Gasteiger partial charge in [-0.2, -0.15) is 0 Å². The summed E-state index contributed by atoms with van der Waals surface area (Å²) < 4.78 is 36.2. The van der Waals surface area contributed by atoms with Crippen LogP contribution >= 0.6 is 0 Å². The van der Waals surface area contributed by atoms with Gasteiger partial charge in [0.25, 0.3) is 0 Å². The van der Waals surface area contributed by atoms with E-state index in [9.17, 15) is 13.2 Å². The summed E-state index contributed by atoms with van der Waals surface area (Å²) in [6.07, 6.45) is -5.89. The average molecular weight is 129 g/mol. The Hall–Kier alpha value is -0.290. The van der Waals surface area contributed by atoms with Crippen molar-refractivity contribution in [1.29, 1.82) is 0 Å². The predicted molar refractivity (Wildman–Crippen MR) is 20.8 cm³/mol. The number of nitrogens with two attached hydrogens (primary N) is 1. The van der Waals surface area contributed by atoms with Crippen LogP contribution in [0.1, 0.15) is 6.92 Å². The normalized spacial score (nSPS) is 16.1. The van der Waals surface area contributed by atoms with E-state index in [-0.39, 0.29) is 0 Å². The first kappa shape index (κ1) is 7.71. The Morgan fingerprint density at radius 2 is 1.88 bits per heavy atom. The van der Waals surface area contributed by atoms with Crippen LogP contribution in [0.4, 0.5) is 13.2 Å². The van der Waals surface area contributed by atoms with Gasteiger partial charge in [-0.05, 0) is 6.92 Å². The predicted octanol–water partition coefficient (Wildman–Crippen LogP) is 0.828. The van der Waals surface area contributed by atoms with Crippen molar-refractivity contribution in [2.75, 3.05) is 0 Å². The molecule has 0 saturated heterocycles. The fourth-order valence-corrected chi connectivity index (χ4v) is 0.211. The zero-order valence-corrected chi connectivity index (χ0v) is 4.20. The second kappa shape index (κ2) is 2.32. The number of alkyl halides is 3. The molecule has 8 heavy (non-hydrogen) atoms. The van der Waals surface area contributed by atoms with E-state index < -0.39 is 12.6 Å². The molecule has 0 aliphatic heterocycles. The van der Waals surface area contributed by atoms with Crippen LogP contribution in [-0.2, 0) is 4.74 Å². The molecule has 2 nitrogen and oxygen atoms in total. The van der Waals surface area contributed by atoms with Crippen molar-refractivity contribution >= 4 is 0 Å². The molecule has 0 aromatic carbocycles. The van der Waals surface area contributed by atoms with Crippen LogP contribution in [0, 0.1) is 0 Å². The molecule has 0 aliphatic rings. The second-order valence-corrected chi connectivity index (χ2v) is 1.27. The van der Waals surface area contributed by atoms with Gasteiger partial charge in [0.2, 0.25) is 0 Å². The molecule has 0 amide bonds. The van der Waals surface area contributed by atoms with E-state index in [2.05, 4.69) is 10.5 Å². The van der Waals surface area contributed by atoms with Crippen LogP contribution in [0.5, 0.6) is 0 Å². The van der Waals surface area contributed by atoms with Gasteiger partial charge in [-0.15, -0.1) is 13.2 Å². The molecular weight excluding hydrogens is 123 g/mol. The Morgan fingerprint density at radius 1 is 1.50 bits per heavy atom. The third-order valence-electron chi connectivity index (χ3n) is 0.320. The summed E-state index contributed by atoms with van der Waals surface area (Å²) in [5.41, 5.74) is 4.64. The first-order chi connectivity index (χ1) is 3.42. The van der Waals surface area contributed by atoms with Crippen LogP contribution in [-0.4, -0.2) is 12.6 Å². The minimum atomic E-state index is -4.60. The zero-order chi connectivity index (χ0) is 6.78. The summed E-state index contributed by atoms with van der Waals surface area (Å²) in [5.74, 6) is 0. The van der Waals surface area contributed by atoms with Crippen LogP contribution in [0.15, 0.2) is 0 Å². The molecule has 0 aromatic rings. The van der Waals surface area contributed by atoms with Crippen LogP contribution in [0.3, 0.4) is 0 Å². The summed E-state index contributed by atoms with van der Waals surface area (Å²) >= 11 is 0. The van der Waals surface area contributed by atoms with Gasteiger partial charge in [0.1, 0.15) is 6.23 Å². The maximum absolute atomic E-state index is 11.0. The lowest BCUT2D eigenvalue weighted by molar-refractivity contribution is -0.339. The van der Waals surface area contributed by atoms with E-state index in [0.29, 0.717) is 0 Å². The lowest BCUT2D eigenvalue weighted by Gasteiger charge is -2.08. The van der Waals surface area contributed by atoms with Gasteiger partial charge in [0.05, 0.1) is 0 Å². The maximum atomic E-state index is 11.0. The van der Waals surface area contributed by atoms with Gasteiger partial charge in [-0.3, -0.25) is 4.74 Å². The molecule has 0 bridgehead atoms. The Labute approximate surface area is 44.4 Å². The molecule has 0 fully saturated rings. The lowest BCUT2D eigenvalue weighted by Crippen LogP contribution is -2.27. The molecule has 2 N–H and O–H groups in total. The standard InChI is InChI=1S/C3H6F3NO/c1-2(7)8-3(4,5)6/h2H,7H2,1H3. The monoisotopic (exact) mass is 129 g/mol. The van der Waals surface area contributed by atoms with Crippen molar-refractivity contribution in [3.63, 3.8) is 0 Å². The van der Waals surface area contributed by atoms with E-state index in [0.717, 1.165) is 6.92 Å². The Morgan fingerprint density at radius 3 is 1.88 bits per heavy atom. The molecule has 0 aromatic heterocycles. The van der Waals surface area contributed by atoms with Crippen molar-refractivity contribution in [2.24, 2.45) is 5.73 Å². The Kier molecular flexibility index (Phi) is 2.24. The number of hydrogen-bond donors (Lipinski definition) is 1. The van der Waals surface area contributed by atoms with Crippen LogP contribution in [0.25, 0.3) is 0 Å². The highest BCUT2D eigenvalue weighted by molar-refractivity contribution is 4.33. The van der Waals surface area contributed by atoms with Crippen LogP contribution in [0.2, 0.25) is 0 Å². The number of ether oxygens (including phenoxy) is 1. The van der Waals surface area contributed by atoms with Crippen LogP contribution < -0.4 is 5.73 Å². The van der Waals surface area contributed by atoms with Gasteiger partial charge in [0, 0.05) is 0 Å². The van der Waals surface area contributed by atoms with E-state index in [1.165, 1.54) is 0 Å². The summed E-state index contributed by atoms with van der Waals surface area (Å²) in [7, 11) is 0. The summed E-state index contributed by atoms with van der Waals surface area (Å²) in [6.45, 7) is 1.10. The number of halogens is 3. The second-order valence-electron chi connectivity index (χ2n) is 1.27. The fraction of sp³-hybridized carbons (Fsp3) is 1.00. The summed E-state index contributed by atoms with van der Waals surface area (Å²) in [5, 5.41) is 0. The van der Waals surface area contributed by atoms with E-state index >= 15 is 0 Å². The van der Waals surface area contributed by atoms with Crippen molar-refractivity contribution < 1.29 is 17.9 Å². The Balaban J connectivity index is 3.39. The summed E-state index contributed by atoms with van der Waals surface area (Å²) in [6, 6.07) is 0. The molecule has 0 rings (SSSR count). The van der Waals surface area contributed by atoms with E-state index in [1.807, 2.05) is 0 Å². The first-order valence-electron chi connectivity index (χ1n) is 1.92. The topological polar surface area (TPSA) is 35.2 Å². The highest BCUT2D eigenvalue weighted by atomic mass is 19.4. The Bertz CT molecular complexity index is 69.4. The number of hydrogen-bond acceptors (Lipinski definition) is 2. The smallest absolute Gasteiger partial charge is 0.306 e. The molecular formula is C3H6F3NO. The molecule has 0 heterocycles. The number of rotatable bonds is 1.